The predicted molar refractivity (Wildman–Crippen MR) is 68.2 cm³/mol. The molecule has 1 atom stereocenters. The molecule has 0 aliphatic heterocycles. The molecule has 1 unspecified atom stereocenters. The lowest BCUT2D eigenvalue weighted by molar-refractivity contribution is 0.0933. The molecule has 0 bridgehead atoms. The number of nitrogens with one attached hydrogen (secondary N) is 1. The molecule has 98 valence electrons. The molecule has 0 saturated carbocycles. The van der Waals surface area contributed by atoms with Crippen LogP contribution >= 0.6 is 0 Å². The van der Waals surface area contributed by atoms with Crippen LogP contribution in [-0.4, -0.2) is 16.0 Å². The third-order valence-corrected chi connectivity index (χ3v) is 2.77. The fourth-order valence-electron chi connectivity index (χ4n) is 1.74. The lowest BCUT2D eigenvalue weighted by atomic mass is 10.1. The number of carbonyl (C=O) groups is 1. The van der Waals surface area contributed by atoms with Gasteiger partial charge >= 0.3 is 0 Å². The SMILES string of the molecule is CC(NC(=O)c1c(O)cccc1F)c1ccncc1. The zero-order valence-corrected chi connectivity index (χ0v) is 10.3. The van der Waals surface area contributed by atoms with Crippen molar-refractivity contribution in [1.29, 1.82) is 0 Å². The second-order valence-corrected chi connectivity index (χ2v) is 4.11. The summed E-state index contributed by atoms with van der Waals surface area (Å²) in [6, 6.07) is 6.95. The Morgan fingerprint density at radius 2 is 2.00 bits per heavy atom. The van der Waals surface area contributed by atoms with Gasteiger partial charge in [0.2, 0.25) is 0 Å². The van der Waals surface area contributed by atoms with Crippen LogP contribution in [0.3, 0.4) is 0 Å². The second kappa shape index (κ2) is 5.48. The molecule has 19 heavy (non-hydrogen) atoms. The number of halogens is 1. The number of pyridine rings is 1. The summed E-state index contributed by atoms with van der Waals surface area (Å²) in [4.78, 5) is 15.8. The standard InChI is InChI=1S/C14H13FN2O2/c1-9(10-5-7-16-8-6-10)17-14(19)13-11(15)3-2-4-12(13)18/h2-9,18H,1H3,(H,17,19). The largest absolute Gasteiger partial charge is 0.507 e. The summed E-state index contributed by atoms with van der Waals surface area (Å²) in [5, 5.41) is 12.2. The first-order valence-electron chi connectivity index (χ1n) is 5.78. The number of rotatable bonds is 3. The highest BCUT2D eigenvalue weighted by Gasteiger charge is 2.18. The summed E-state index contributed by atoms with van der Waals surface area (Å²) >= 11 is 0. The maximum atomic E-state index is 13.5. The molecule has 5 heteroatoms. The Hall–Kier alpha value is -2.43. The van der Waals surface area contributed by atoms with Crippen molar-refractivity contribution in [3.05, 3.63) is 59.7 Å². The fourth-order valence-corrected chi connectivity index (χ4v) is 1.74. The first kappa shape index (κ1) is 13.0. The molecule has 2 aromatic rings. The molecular weight excluding hydrogens is 247 g/mol. The highest BCUT2D eigenvalue weighted by molar-refractivity contribution is 5.97. The van der Waals surface area contributed by atoms with E-state index in [0.717, 1.165) is 11.6 Å². The minimum absolute atomic E-state index is 0.311. The van der Waals surface area contributed by atoms with Crippen molar-refractivity contribution in [2.75, 3.05) is 0 Å². The maximum absolute atomic E-state index is 13.5. The monoisotopic (exact) mass is 260 g/mol. The summed E-state index contributed by atoms with van der Waals surface area (Å²) in [5.74, 6) is -1.78. The second-order valence-electron chi connectivity index (χ2n) is 4.11. The quantitative estimate of drug-likeness (QED) is 0.890. The van der Waals surface area contributed by atoms with Crippen molar-refractivity contribution in [2.24, 2.45) is 0 Å². The minimum Gasteiger partial charge on any atom is -0.507 e. The molecule has 2 rings (SSSR count). The van der Waals surface area contributed by atoms with E-state index >= 15 is 0 Å². The molecule has 0 spiro atoms. The molecule has 1 heterocycles. The van der Waals surface area contributed by atoms with Gasteiger partial charge in [0, 0.05) is 12.4 Å². The number of aromatic nitrogens is 1. The number of phenolic OH excluding ortho intramolecular Hbond substituents is 1. The van der Waals surface area contributed by atoms with Crippen LogP contribution in [0.5, 0.6) is 5.75 Å². The van der Waals surface area contributed by atoms with Gasteiger partial charge in [-0.05, 0) is 36.8 Å². The van der Waals surface area contributed by atoms with E-state index < -0.39 is 11.7 Å². The van der Waals surface area contributed by atoms with Crippen LogP contribution in [0.25, 0.3) is 0 Å². The zero-order chi connectivity index (χ0) is 13.8. The normalized spacial score (nSPS) is 11.9. The van der Waals surface area contributed by atoms with Crippen molar-refractivity contribution in [1.82, 2.24) is 10.3 Å². The summed E-state index contributed by atoms with van der Waals surface area (Å²) in [6.07, 6.45) is 3.22. The number of nitrogens with zero attached hydrogens (tertiary/aromatic N) is 1. The van der Waals surface area contributed by atoms with Gasteiger partial charge < -0.3 is 10.4 Å². The van der Waals surface area contributed by atoms with Gasteiger partial charge in [-0.2, -0.15) is 0 Å². The molecular formula is C14H13FN2O2. The van der Waals surface area contributed by atoms with Gasteiger partial charge in [-0.3, -0.25) is 9.78 Å². The van der Waals surface area contributed by atoms with Gasteiger partial charge in [0.15, 0.2) is 0 Å². The number of benzene rings is 1. The van der Waals surface area contributed by atoms with E-state index in [4.69, 9.17) is 0 Å². The highest BCUT2D eigenvalue weighted by Crippen LogP contribution is 2.21. The van der Waals surface area contributed by atoms with Gasteiger partial charge in [-0.15, -0.1) is 0 Å². The smallest absolute Gasteiger partial charge is 0.258 e. The topological polar surface area (TPSA) is 62.2 Å². The van der Waals surface area contributed by atoms with Crippen molar-refractivity contribution >= 4 is 5.91 Å². The average Bonchev–Trinajstić information content (AvgIpc) is 2.39. The summed E-state index contributed by atoms with van der Waals surface area (Å²) in [7, 11) is 0. The van der Waals surface area contributed by atoms with E-state index in [0.29, 0.717) is 0 Å². The predicted octanol–water partition coefficient (Wildman–Crippen LogP) is 2.42. The summed E-state index contributed by atoms with van der Waals surface area (Å²) in [6.45, 7) is 1.77. The number of carbonyl (C=O) groups excluding carboxylic acids is 1. The molecule has 0 radical (unpaired) electrons. The van der Waals surface area contributed by atoms with Crippen LogP contribution < -0.4 is 5.32 Å². The van der Waals surface area contributed by atoms with Crippen LogP contribution in [0.15, 0.2) is 42.7 Å². The number of phenols is 1. The van der Waals surface area contributed by atoms with E-state index in [2.05, 4.69) is 10.3 Å². The van der Waals surface area contributed by atoms with E-state index in [1.165, 1.54) is 12.1 Å². The van der Waals surface area contributed by atoms with Gasteiger partial charge in [0.1, 0.15) is 17.1 Å². The number of hydrogen-bond acceptors (Lipinski definition) is 3. The van der Waals surface area contributed by atoms with Crippen molar-refractivity contribution < 1.29 is 14.3 Å². The Morgan fingerprint density at radius 3 is 2.63 bits per heavy atom. The van der Waals surface area contributed by atoms with Gasteiger partial charge in [0.25, 0.3) is 5.91 Å². The molecule has 2 N–H and O–H groups in total. The molecule has 0 aliphatic rings. The van der Waals surface area contributed by atoms with Gasteiger partial charge in [-0.25, -0.2) is 4.39 Å². The van der Waals surface area contributed by atoms with Crippen LogP contribution in [0.4, 0.5) is 4.39 Å². The van der Waals surface area contributed by atoms with Crippen LogP contribution in [0.2, 0.25) is 0 Å². The molecule has 0 fully saturated rings. The Kier molecular flexibility index (Phi) is 3.75. The van der Waals surface area contributed by atoms with E-state index in [1.807, 2.05) is 0 Å². The molecule has 0 saturated heterocycles. The van der Waals surface area contributed by atoms with Gasteiger partial charge in [0.05, 0.1) is 6.04 Å². The average molecular weight is 260 g/mol. The summed E-state index contributed by atoms with van der Waals surface area (Å²) in [5.41, 5.74) is 0.502. The molecule has 0 aliphatic carbocycles. The van der Waals surface area contributed by atoms with Gasteiger partial charge in [-0.1, -0.05) is 6.07 Å². The number of aromatic hydroxyl groups is 1. The molecule has 1 aromatic carbocycles. The third-order valence-electron chi connectivity index (χ3n) is 2.77. The zero-order valence-electron chi connectivity index (χ0n) is 10.3. The Balaban J connectivity index is 2.18. The molecule has 1 aromatic heterocycles. The van der Waals surface area contributed by atoms with Crippen LogP contribution in [-0.2, 0) is 0 Å². The maximum Gasteiger partial charge on any atom is 0.258 e. The Morgan fingerprint density at radius 1 is 1.32 bits per heavy atom. The van der Waals surface area contributed by atoms with Crippen LogP contribution in [0.1, 0.15) is 28.9 Å². The van der Waals surface area contributed by atoms with E-state index in [-0.39, 0.29) is 17.4 Å². The van der Waals surface area contributed by atoms with E-state index in [9.17, 15) is 14.3 Å². The first-order chi connectivity index (χ1) is 9.09. The van der Waals surface area contributed by atoms with Crippen LogP contribution in [0, 0.1) is 5.82 Å². The van der Waals surface area contributed by atoms with Crippen molar-refractivity contribution in [3.63, 3.8) is 0 Å². The van der Waals surface area contributed by atoms with E-state index in [1.54, 1.807) is 31.5 Å². The molecule has 1 amide bonds. The fraction of sp³-hybridized carbons (Fsp3) is 0.143. The first-order valence-corrected chi connectivity index (χ1v) is 5.78. The molecule has 4 nitrogen and oxygen atoms in total. The number of amides is 1. The lowest BCUT2D eigenvalue weighted by Crippen LogP contribution is -2.27. The lowest BCUT2D eigenvalue weighted by Gasteiger charge is -2.14. The third kappa shape index (κ3) is 2.88. The summed E-state index contributed by atoms with van der Waals surface area (Å²) < 4.78 is 13.5. The Bertz CT molecular complexity index is 567. The Labute approximate surface area is 109 Å². The van der Waals surface area contributed by atoms with Crippen molar-refractivity contribution in [3.8, 4) is 5.75 Å². The number of hydrogen-bond donors (Lipinski definition) is 2. The highest BCUT2D eigenvalue weighted by atomic mass is 19.1. The minimum atomic E-state index is -0.751. The van der Waals surface area contributed by atoms with Crippen molar-refractivity contribution in [2.45, 2.75) is 13.0 Å².